The fourth-order valence-electron chi connectivity index (χ4n) is 3.55. The molecular formula is C23H29Cl2N3. The van der Waals surface area contributed by atoms with Gasteiger partial charge in [0.2, 0.25) is 0 Å². The predicted molar refractivity (Wildman–Crippen MR) is 123 cm³/mol. The fraction of sp³-hybridized carbons (Fsp3) is 0.435. The van der Waals surface area contributed by atoms with Crippen LogP contribution in [0.5, 0.6) is 0 Å². The summed E-state index contributed by atoms with van der Waals surface area (Å²) in [5.74, 6) is 1.34. The van der Waals surface area contributed by atoms with Crippen molar-refractivity contribution >= 4 is 40.4 Å². The average molecular weight is 418 g/mol. The summed E-state index contributed by atoms with van der Waals surface area (Å²) in [6, 6.07) is 16.1. The topological polar surface area (TPSA) is 36.4 Å². The summed E-state index contributed by atoms with van der Waals surface area (Å²) in [5.41, 5.74) is 2.04. The van der Waals surface area contributed by atoms with E-state index in [-0.39, 0.29) is 6.04 Å². The van der Waals surface area contributed by atoms with Crippen LogP contribution in [0.2, 0.25) is 10.0 Å². The summed E-state index contributed by atoms with van der Waals surface area (Å²) < 4.78 is 0. The van der Waals surface area contributed by atoms with E-state index >= 15 is 0 Å². The van der Waals surface area contributed by atoms with Gasteiger partial charge in [0.25, 0.3) is 0 Å². The SMILES string of the molecule is CC(C)C(Nc1ccc(Cl)cc1)C(=NC1CCCCC1)Nc1ccc(Cl)cc1. The summed E-state index contributed by atoms with van der Waals surface area (Å²) in [6.07, 6.45) is 6.18. The minimum Gasteiger partial charge on any atom is -0.375 e. The Bertz CT molecular complexity index is 763. The highest BCUT2D eigenvalue weighted by atomic mass is 35.5. The van der Waals surface area contributed by atoms with Crippen molar-refractivity contribution in [3.05, 3.63) is 58.6 Å². The molecule has 0 aliphatic heterocycles. The first-order valence-corrected chi connectivity index (χ1v) is 10.9. The molecule has 0 amide bonds. The zero-order valence-electron chi connectivity index (χ0n) is 16.6. The Morgan fingerprint density at radius 3 is 1.93 bits per heavy atom. The first-order chi connectivity index (χ1) is 13.5. The standard InChI is InChI=1S/C23H29Cl2N3/c1-16(2)22(26-20-12-8-17(24)9-13-20)23(27-19-6-4-3-5-7-19)28-21-14-10-18(25)11-15-21/h8-16,19,22,26H,3-7H2,1-2H3,(H,27,28). The Morgan fingerprint density at radius 1 is 0.857 bits per heavy atom. The van der Waals surface area contributed by atoms with Gasteiger partial charge in [0, 0.05) is 21.4 Å². The maximum absolute atomic E-state index is 6.06. The third-order valence-corrected chi connectivity index (χ3v) is 5.64. The molecule has 2 N–H and O–H groups in total. The largest absolute Gasteiger partial charge is 0.375 e. The molecule has 1 aliphatic rings. The van der Waals surface area contributed by atoms with Gasteiger partial charge in [-0.1, -0.05) is 56.3 Å². The second kappa shape index (κ2) is 10.2. The van der Waals surface area contributed by atoms with E-state index in [1.54, 1.807) is 0 Å². The first-order valence-electron chi connectivity index (χ1n) is 10.1. The van der Waals surface area contributed by atoms with Crippen LogP contribution in [0, 0.1) is 5.92 Å². The van der Waals surface area contributed by atoms with E-state index in [4.69, 9.17) is 28.2 Å². The summed E-state index contributed by atoms with van der Waals surface area (Å²) in [5, 5.41) is 8.69. The number of rotatable bonds is 6. The molecule has 5 heteroatoms. The van der Waals surface area contributed by atoms with Crippen LogP contribution in [0.1, 0.15) is 46.0 Å². The number of benzene rings is 2. The Labute approximate surface area is 178 Å². The fourth-order valence-corrected chi connectivity index (χ4v) is 3.81. The lowest BCUT2D eigenvalue weighted by Crippen LogP contribution is -2.40. The second-order valence-electron chi connectivity index (χ2n) is 7.81. The van der Waals surface area contributed by atoms with Crippen molar-refractivity contribution in [3.63, 3.8) is 0 Å². The van der Waals surface area contributed by atoms with Gasteiger partial charge in [-0.2, -0.15) is 0 Å². The van der Waals surface area contributed by atoms with Gasteiger partial charge in [-0.15, -0.1) is 0 Å². The molecule has 1 atom stereocenters. The van der Waals surface area contributed by atoms with Crippen molar-refractivity contribution in [1.82, 2.24) is 0 Å². The van der Waals surface area contributed by atoms with Gasteiger partial charge in [0.05, 0.1) is 12.1 Å². The molecular weight excluding hydrogens is 389 g/mol. The molecule has 1 unspecified atom stereocenters. The third kappa shape index (κ3) is 6.15. The zero-order chi connectivity index (χ0) is 19.9. The molecule has 1 fully saturated rings. The van der Waals surface area contributed by atoms with Crippen molar-refractivity contribution in [2.45, 2.75) is 58.0 Å². The molecule has 3 rings (SSSR count). The van der Waals surface area contributed by atoms with E-state index < -0.39 is 0 Å². The van der Waals surface area contributed by atoms with Gasteiger partial charge in [0.1, 0.15) is 5.84 Å². The van der Waals surface area contributed by atoms with E-state index in [9.17, 15) is 0 Å². The Hall–Kier alpha value is -1.71. The number of nitrogens with zero attached hydrogens (tertiary/aromatic N) is 1. The van der Waals surface area contributed by atoms with Crippen molar-refractivity contribution < 1.29 is 0 Å². The van der Waals surface area contributed by atoms with E-state index in [0.717, 1.165) is 40.1 Å². The Balaban J connectivity index is 1.87. The number of hydrogen-bond acceptors (Lipinski definition) is 2. The number of amidine groups is 1. The summed E-state index contributed by atoms with van der Waals surface area (Å²) in [7, 11) is 0. The van der Waals surface area contributed by atoms with Gasteiger partial charge in [0.15, 0.2) is 0 Å². The number of halogens is 2. The first kappa shape index (κ1) is 21.0. The van der Waals surface area contributed by atoms with Gasteiger partial charge in [-0.25, -0.2) is 0 Å². The molecule has 2 aromatic carbocycles. The van der Waals surface area contributed by atoms with Crippen LogP contribution in [0.3, 0.4) is 0 Å². The van der Waals surface area contributed by atoms with E-state index in [1.807, 2.05) is 48.5 Å². The maximum Gasteiger partial charge on any atom is 0.124 e. The highest BCUT2D eigenvalue weighted by molar-refractivity contribution is 6.31. The summed E-state index contributed by atoms with van der Waals surface area (Å²) in [4.78, 5) is 5.17. The number of hydrogen-bond donors (Lipinski definition) is 2. The quantitative estimate of drug-likeness (QED) is 0.382. The molecule has 0 saturated heterocycles. The molecule has 28 heavy (non-hydrogen) atoms. The minimum atomic E-state index is 0.0683. The third-order valence-electron chi connectivity index (χ3n) is 5.14. The van der Waals surface area contributed by atoms with E-state index in [1.165, 1.54) is 19.3 Å². The Morgan fingerprint density at radius 2 is 1.39 bits per heavy atom. The van der Waals surface area contributed by atoms with Crippen LogP contribution in [-0.4, -0.2) is 17.9 Å². The number of nitrogens with one attached hydrogen (secondary N) is 2. The van der Waals surface area contributed by atoms with Gasteiger partial charge in [-0.05, 0) is 67.3 Å². The second-order valence-corrected chi connectivity index (χ2v) is 8.68. The van der Waals surface area contributed by atoms with Gasteiger partial charge < -0.3 is 10.6 Å². The van der Waals surface area contributed by atoms with Crippen LogP contribution >= 0.6 is 23.2 Å². The summed E-state index contributed by atoms with van der Waals surface area (Å²) >= 11 is 12.1. The van der Waals surface area contributed by atoms with E-state index in [0.29, 0.717) is 12.0 Å². The molecule has 0 heterocycles. The smallest absolute Gasteiger partial charge is 0.124 e. The highest BCUT2D eigenvalue weighted by Crippen LogP contribution is 2.24. The molecule has 0 radical (unpaired) electrons. The normalized spacial score (nSPS) is 16.8. The molecule has 150 valence electrons. The van der Waals surface area contributed by atoms with E-state index in [2.05, 4.69) is 24.5 Å². The molecule has 1 aliphatic carbocycles. The zero-order valence-corrected chi connectivity index (χ0v) is 18.1. The Kier molecular flexibility index (Phi) is 7.64. The predicted octanol–water partition coefficient (Wildman–Crippen LogP) is 7.27. The van der Waals surface area contributed by atoms with Crippen LogP contribution in [0.15, 0.2) is 53.5 Å². The number of anilines is 2. The minimum absolute atomic E-state index is 0.0683. The highest BCUT2D eigenvalue weighted by Gasteiger charge is 2.23. The van der Waals surface area contributed by atoms with Crippen LogP contribution in [-0.2, 0) is 0 Å². The lowest BCUT2D eigenvalue weighted by Gasteiger charge is -2.28. The van der Waals surface area contributed by atoms with Crippen LogP contribution in [0.4, 0.5) is 11.4 Å². The monoisotopic (exact) mass is 417 g/mol. The average Bonchev–Trinajstić information content (AvgIpc) is 2.69. The van der Waals surface area contributed by atoms with Crippen molar-refractivity contribution in [1.29, 1.82) is 0 Å². The summed E-state index contributed by atoms with van der Waals surface area (Å²) in [6.45, 7) is 4.43. The maximum atomic E-state index is 6.06. The van der Waals surface area contributed by atoms with Crippen molar-refractivity contribution in [3.8, 4) is 0 Å². The van der Waals surface area contributed by atoms with Gasteiger partial charge in [-0.3, -0.25) is 4.99 Å². The van der Waals surface area contributed by atoms with Crippen LogP contribution in [0.25, 0.3) is 0 Å². The lowest BCUT2D eigenvalue weighted by molar-refractivity contribution is 0.441. The van der Waals surface area contributed by atoms with Crippen molar-refractivity contribution in [2.24, 2.45) is 10.9 Å². The number of aliphatic imine (C=N–C) groups is 1. The van der Waals surface area contributed by atoms with Crippen molar-refractivity contribution in [2.75, 3.05) is 10.6 Å². The van der Waals surface area contributed by atoms with Gasteiger partial charge >= 0.3 is 0 Å². The molecule has 0 bridgehead atoms. The lowest BCUT2D eigenvalue weighted by atomic mass is 9.95. The molecule has 3 nitrogen and oxygen atoms in total. The molecule has 0 spiro atoms. The molecule has 2 aromatic rings. The molecule has 1 saturated carbocycles. The molecule has 0 aromatic heterocycles. The van der Waals surface area contributed by atoms with Crippen LogP contribution < -0.4 is 10.6 Å².